The van der Waals surface area contributed by atoms with E-state index in [4.69, 9.17) is 4.98 Å². The van der Waals surface area contributed by atoms with Gasteiger partial charge in [0.05, 0.1) is 16.8 Å². The number of aromatic nitrogens is 2. The number of fused-ring (bicyclic) bond motifs is 1. The monoisotopic (exact) mass is 401 g/mol. The van der Waals surface area contributed by atoms with Gasteiger partial charge in [0.2, 0.25) is 5.91 Å². The van der Waals surface area contributed by atoms with Crippen LogP contribution in [0.2, 0.25) is 0 Å². The summed E-state index contributed by atoms with van der Waals surface area (Å²) in [4.78, 5) is 31.9. The van der Waals surface area contributed by atoms with Crippen molar-refractivity contribution in [1.29, 1.82) is 0 Å². The van der Waals surface area contributed by atoms with Crippen molar-refractivity contribution in [3.05, 3.63) is 50.6 Å². The molecule has 1 aromatic carbocycles. The van der Waals surface area contributed by atoms with Gasteiger partial charge < -0.3 is 5.32 Å². The molecule has 0 atom stereocenters. The highest BCUT2D eigenvalue weighted by molar-refractivity contribution is 7.99. The van der Waals surface area contributed by atoms with Crippen LogP contribution in [0.15, 0.2) is 34.2 Å². The Morgan fingerprint density at radius 1 is 1.22 bits per heavy atom. The van der Waals surface area contributed by atoms with Crippen molar-refractivity contribution < 1.29 is 4.79 Å². The van der Waals surface area contributed by atoms with Crippen LogP contribution in [0.1, 0.15) is 29.3 Å². The zero-order chi connectivity index (χ0) is 19.6. The summed E-state index contributed by atoms with van der Waals surface area (Å²) in [5, 5.41) is 4.07. The number of aryl methyl sites for hydroxylation is 3. The third-order valence-corrected chi connectivity index (χ3v) is 6.41. The quantitative estimate of drug-likeness (QED) is 0.501. The van der Waals surface area contributed by atoms with Crippen LogP contribution in [0.3, 0.4) is 0 Å². The molecule has 0 radical (unpaired) electrons. The van der Waals surface area contributed by atoms with Crippen molar-refractivity contribution in [2.75, 3.05) is 12.3 Å². The van der Waals surface area contributed by atoms with Gasteiger partial charge in [0.1, 0.15) is 4.83 Å². The minimum Gasteiger partial charge on any atom is -0.355 e. The van der Waals surface area contributed by atoms with Gasteiger partial charge in [-0.05, 0) is 44.9 Å². The Balaban J connectivity index is 2.10. The lowest BCUT2D eigenvalue weighted by molar-refractivity contribution is -0.118. The van der Waals surface area contributed by atoms with E-state index in [-0.39, 0.29) is 17.2 Å². The summed E-state index contributed by atoms with van der Waals surface area (Å²) in [5.41, 5.74) is 2.78. The van der Waals surface area contributed by atoms with E-state index in [1.54, 1.807) is 4.57 Å². The second-order valence-electron chi connectivity index (χ2n) is 6.47. The molecule has 1 N–H and O–H groups in total. The fourth-order valence-corrected chi connectivity index (χ4v) is 4.65. The predicted molar refractivity (Wildman–Crippen MR) is 113 cm³/mol. The third kappa shape index (κ3) is 4.09. The van der Waals surface area contributed by atoms with Crippen molar-refractivity contribution >= 4 is 39.2 Å². The van der Waals surface area contributed by atoms with Crippen LogP contribution in [0.5, 0.6) is 0 Å². The van der Waals surface area contributed by atoms with E-state index in [0.717, 1.165) is 32.9 Å². The normalized spacial score (nSPS) is 11.1. The Kier molecular flexibility index (Phi) is 6.01. The molecular formula is C20H23N3O2S2. The van der Waals surface area contributed by atoms with Gasteiger partial charge in [-0.3, -0.25) is 14.2 Å². The molecule has 0 aliphatic heterocycles. The number of thioether (sulfide) groups is 1. The smallest absolute Gasteiger partial charge is 0.267 e. The van der Waals surface area contributed by atoms with Gasteiger partial charge in [0.25, 0.3) is 5.56 Å². The van der Waals surface area contributed by atoms with Crippen molar-refractivity contribution in [2.24, 2.45) is 0 Å². The van der Waals surface area contributed by atoms with Crippen LogP contribution in [0, 0.1) is 20.8 Å². The minimum atomic E-state index is -0.0813. The fraction of sp³-hybridized carbons (Fsp3) is 0.350. The average Bonchev–Trinajstić information content (AvgIpc) is 2.93. The summed E-state index contributed by atoms with van der Waals surface area (Å²) >= 11 is 2.82. The number of nitrogens with one attached hydrogen (secondary N) is 1. The van der Waals surface area contributed by atoms with Crippen molar-refractivity contribution in [1.82, 2.24) is 14.9 Å². The summed E-state index contributed by atoms with van der Waals surface area (Å²) < 4.78 is 1.62. The largest absolute Gasteiger partial charge is 0.355 e. The minimum absolute atomic E-state index is 0.0507. The summed E-state index contributed by atoms with van der Waals surface area (Å²) in [7, 11) is 0. The molecule has 27 heavy (non-hydrogen) atoms. The number of carbonyl (C=O) groups excluding carboxylic acids is 1. The van der Waals surface area contributed by atoms with E-state index in [9.17, 15) is 9.59 Å². The van der Waals surface area contributed by atoms with E-state index in [1.165, 1.54) is 23.1 Å². The molecule has 0 aliphatic carbocycles. The second kappa shape index (κ2) is 8.27. The number of hydrogen-bond acceptors (Lipinski definition) is 5. The number of amides is 1. The Morgan fingerprint density at radius 3 is 2.59 bits per heavy atom. The van der Waals surface area contributed by atoms with E-state index in [0.29, 0.717) is 17.1 Å². The van der Waals surface area contributed by atoms with Crippen LogP contribution in [-0.4, -0.2) is 27.8 Å². The molecule has 3 aromatic rings. The van der Waals surface area contributed by atoms with E-state index < -0.39 is 0 Å². The first kappa shape index (κ1) is 19.6. The van der Waals surface area contributed by atoms with Crippen LogP contribution >= 0.6 is 23.1 Å². The SMILES string of the molecule is CCCNC(=O)CSc1nc2sc(C)c(C)c2c(=O)n1-c1ccc(C)cc1. The summed E-state index contributed by atoms with van der Waals surface area (Å²) in [6.07, 6.45) is 0.891. The summed E-state index contributed by atoms with van der Waals surface area (Å²) in [5.74, 6) is 0.179. The molecule has 0 unspecified atom stereocenters. The molecule has 0 spiro atoms. The van der Waals surface area contributed by atoms with E-state index >= 15 is 0 Å². The highest BCUT2D eigenvalue weighted by atomic mass is 32.2. The molecule has 3 rings (SSSR count). The van der Waals surface area contributed by atoms with E-state index in [1.807, 2.05) is 52.0 Å². The standard InChI is InChI=1S/C20H23N3O2S2/c1-5-10-21-16(24)11-26-20-22-18-17(13(3)14(4)27-18)19(25)23(20)15-8-6-12(2)7-9-15/h6-9H,5,10-11H2,1-4H3,(H,21,24). The van der Waals surface area contributed by atoms with Crippen LogP contribution in [0.25, 0.3) is 15.9 Å². The molecule has 1 amide bonds. The van der Waals surface area contributed by atoms with Gasteiger partial charge in [-0.25, -0.2) is 4.98 Å². The zero-order valence-corrected chi connectivity index (χ0v) is 17.6. The zero-order valence-electron chi connectivity index (χ0n) is 16.0. The number of rotatable bonds is 6. The van der Waals surface area contributed by atoms with Crippen LogP contribution < -0.4 is 10.9 Å². The first-order valence-corrected chi connectivity index (χ1v) is 10.7. The topological polar surface area (TPSA) is 64.0 Å². The number of nitrogens with zero attached hydrogens (tertiary/aromatic N) is 2. The average molecular weight is 402 g/mol. The Labute approximate surface area is 166 Å². The molecule has 0 aliphatic rings. The third-order valence-electron chi connectivity index (χ3n) is 4.37. The lowest BCUT2D eigenvalue weighted by Gasteiger charge is -2.12. The van der Waals surface area contributed by atoms with Gasteiger partial charge in [-0.1, -0.05) is 36.4 Å². The molecule has 0 saturated carbocycles. The van der Waals surface area contributed by atoms with E-state index in [2.05, 4.69) is 5.32 Å². The molecule has 2 aromatic heterocycles. The lowest BCUT2D eigenvalue weighted by atomic mass is 10.2. The Morgan fingerprint density at radius 2 is 1.93 bits per heavy atom. The van der Waals surface area contributed by atoms with Gasteiger partial charge in [-0.2, -0.15) is 0 Å². The molecule has 142 valence electrons. The first-order valence-electron chi connectivity index (χ1n) is 8.91. The van der Waals surface area contributed by atoms with Crippen molar-refractivity contribution in [2.45, 2.75) is 39.3 Å². The first-order chi connectivity index (χ1) is 12.9. The molecule has 0 fully saturated rings. The molecule has 5 nitrogen and oxygen atoms in total. The maximum atomic E-state index is 13.3. The lowest BCUT2D eigenvalue weighted by Crippen LogP contribution is -2.27. The maximum Gasteiger partial charge on any atom is 0.267 e. The molecular weight excluding hydrogens is 378 g/mol. The number of hydrogen-bond donors (Lipinski definition) is 1. The van der Waals surface area contributed by atoms with Gasteiger partial charge >= 0.3 is 0 Å². The second-order valence-corrected chi connectivity index (χ2v) is 8.62. The Bertz CT molecular complexity index is 1040. The maximum absolute atomic E-state index is 13.3. The molecule has 2 heterocycles. The number of carbonyl (C=O) groups is 1. The van der Waals surface area contributed by atoms with Crippen molar-refractivity contribution in [3.63, 3.8) is 0 Å². The summed E-state index contributed by atoms with van der Waals surface area (Å²) in [6, 6.07) is 7.78. The van der Waals surface area contributed by atoms with Gasteiger partial charge in [-0.15, -0.1) is 11.3 Å². The Hall–Kier alpha value is -2.12. The van der Waals surface area contributed by atoms with Gasteiger partial charge in [0.15, 0.2) is 5.16 Å². The fourth-order valence-electron chi connectivity index (χ4n) is 2.74. The molecule has 0 bridgehead atoms. The molecule has 7 heteroatoms. The predicted octanol–water partition coefficient (Wildman–Crippen LogP) is 3.99. The highest BCUT2D eigenvalue weighted by Crippen LogP contribution is 2.29. The number of benzene rings is 1. The van der Waals surface area contributed by atoms with Crippen LogP contribution in [-0.2, 0) is 4.79 Å². The highest BCUT2D eigenvalue weighted by Gasteiger charge is 2.18. The molecule has 0 saturated heterocycles. The number of thiophene rings is 1. The van der Waals surface area contributed by atoms with Gasteiger partial charge in [0, 0.05) is 11.4 Å². The summed E-state index contributed by atoms with van der Waals surface area (Å²) in [6.45, 7) is 8.64. The van der Waals surface area contributed by atoms with Crippen molar-refractivity contribution in [3.8, 4) is 5.69 Å². The van der Waals surface area contributed by atoms with Crippen LogP contribution in [0.4, 0.5) is 0 Å².